The third kappa shape index (κ3) is 5.51. The second-order valence-corrected chi connectivity index (χ2v) is 5.59. The molecule has 2 unspecified atom stereocenters. The van der Waals surface area contributed by atoms with Gasteiger partial charge in [0.25, 0.3) is 0 Å². The fourth-order valence-corrected chi connectivity index (χ4v) is 2.32. The molecule has 4 heteroatoms. The summed E-state index contributed by atoms with van der Waals surface area (Å²) in [5.74, 6) is 0.945. The average Bonchev–Trinajstić information content (AvgIpc) is 2.38. The predicted molar refractivity (Wildman–Crippen MR) is 82.8 cm³/mol. The van der Waals surface area contributed by atoms with Crippen molar-refractivity contribution >= 4 is 15.9 Å². The summed E-state index contributed by atoms with van der Waals surface area (Å²) in [6.45, 7) is 7.99. The summed E-state index contributed by atoms with van der Waals surface area (Å²) in [4.78, 5) is 0. The van der Waals surface area contributed by atoms with E-state index in [9.17, 15) is 0 Å². The minimum atomic E-state index is 0.147. The van der Waals surface area contributed by atoms with Crippen LogP contribution in [0, 0.1) is 0 Å². The SMILES string of the molecule is CCNC(C)c1cc(Br)ccc1OC(C)CCOC. The number of halogens is 1. The van der Waals surface area contributed by atoms with E-state index in [1.54, 1.807) is 7.11 Å². The van der Waals surface area contributed by atoms with Crippen LogP contribution in [-0.2, 0) is 4.74 Å². The van der Waals surface area contributed by atoms with Gasteiger partial charge in [-0.25, -0.2) is 0 Å². The highest BCUT2D eigenvalue weighted by atomic mass is 79.9. The second kappa shape index (κ2) is 8.56. The molecule has 0 spiro atoms. The van der Waals surface area contributed by atoms with E-state index in [-0.39, 0.29) is 12.1 Å². The molecule has 0 aliphatic rings. The average molecular weight is 330 g/mol. The van der Waals surface area contributed by atoms with E-state index in [1.807, 2.05) is 12.1 Å². The lowest BCUT2D eigenvalue weighted by atomic mass is 10.1. The van der Waals surface area contributed by atoms with Crippen LogP contribution >= 0.6 is 15.9 Å². The van der Waals surface area contributed by atoms with Crippen molar-refractivity contribution in [1.29, 1.82) is 0 Å². The Labute approximate surface area is 124 Å². The summed E-state index contributed by atoms with van der Waals surface area (Å²) in [5.41, 5.74) is 1.18. The van der Waals surface area contributed by atoms with Gasteiger partial charge in [0.15, 0.2) is 0 Å². The molecular formula is C15H24BrNO2. The number of rotatable bonds is 8. The molecular weight excluding hydrogens is 306 g/mol. The van der Waals surface area contributed by atoms with E-state index in [1.165, 1.54) is 5.56 Å². The maximum absolute atomic E-state index is 6.03. The van der Waals surface area contributed by atoms with Gasteiger partial charge in [0.1, 0.15) is 5.75 Å². The molecule has 0 aliphatic heterocycles. The van der Waals surface area contributed by atoms with Gasteiger partial charge in [-0.3, -0.25) is 0 Å². The monoisotopic (exact) mass is 329 g/mol. The Hall–Kier alpha value is -0.580. The summed E-state index contributed by atoms with van der Waals surface area (Å²) >= 11 is 3.52. The zero-order valence-corrected chi connectivity index (χ0v) is 13.8. The summed E-state index contributed by atoms with van der Waals surface area (Å²) in [6.07, 6.45) is 1.04. The van der Waals surface area contributed by atoms with Crippen molar-refractivity contribution in [2.24, 2.45) is 0 Å². The second-order valence-electron chi connectivity index (χ2n) is 4.67. The van der Waals surface area contributed by atoms with Crippen LogP contribution in [0.25, 0.3) is 0 Å². The molecule has 0 saturated carbocycles. The molecule has 0 aliphatic carbocycles. The van der Waals surface area contributed by atoms with Gasteiger partial charge in [-0.2, -0.15) is 0 Å². The van der Waals surface area contributed by atoms with Gasteiger partial charge in [-0.1, -0.05) is 22.9 Å². The molecule has 1 aromatic rings. The van der Waals surface area contributed by atoms with Crippen LogP contribution in [0.4, 0.5) is 0 Å². The maximum Gasteiger partial charge on any atom is 0.124 e. The van der Waals surface area contributed by atoms with Crippen molar-refractivity contribution < 1.29 is 9.47 Å². The largest absolute Gasteiger partial charge is 0.490 e. The molecule has 1 rings (SSSR count). The predicted octanol–water partition coefficient (Wildman–Crippen LogP) is 3.92. The number of nitrogens with one attached hydrogen (secondary N) is 1. The fraction of sp³-hybridized carbons (Fsp3) is 0.600. The molecule has 19 heavy (non-hydrogen) atoms. The Kier molecular flexibility index (Phi) is 7.42. The number of hydrogen-bond donors (Lipinski definition) is 1. The first-order chi connectivity index (χ1) is 9.08. The lowest BCUT2D eigenvalue weighted by Gasteiger charge is -2.21. The van der Waals surface area contributed by atoms with Crippen molar-refractivity contribution in [3.05, 3.63) is 28.2 Å². The number of benzene rings is 1. The van der Waals surface area contributed by atoms with E-state index in [2.05, 4.69) is 48.1 Å². The van der Waals surface area contributed by atoms with Crippen LogP contribution in [0.2, 0.25) is 0 Å². The Bertz CT molecular complexity index is 384. The Balaban J connectivity index is 2.81. The lowest BCUT2D eigenvalue weighted by Crippen LogP contribution is -2.20. The molecule has 0 fully saturated rings. The summed E-state index contributed by atoms with van der Waals surface area (Å²) in [7, 11) is 1.71. The quantitative estimate of drug-likeness (QED) is 0.784. The molecule has 2 atom stereocenters. The third-order valence-corrected chi connectivity index (χ3v) is 3.50. The van der Waals surface area contributed by atoms with Crippen molar-refractivity contribution in [1.82, 2.24) is 5.32 Å². The highest BCUT2D eigenvalue weighted by Gasteiger charge is 2.13. The van der Waals surface area contributed by atoms with Crippen LogP contribution in [0.15, 0.2) is 22.7 Å². The molecule has 3 nitrogen and oxygen atoms in total. The van der Waals surface area contributed by atoms with Crippen LogP contribution in [0.3, 0.4) is 0 Å². The van der Waals surface area contributed by atoms with Gasteiger partial charge in [0.05, 0.1) is 6.10 Å². The first-order valence-corrected chi connectivity index (χ1v) is 7.56. The zero-order valence-electron chi connectivity index (χ0n) is 12.2. The molecule has 108 valence electrons. The summed E-state index contributed by atoms with van der Waals surface area (Å²) < 4.78 is 12.2. The molecule has 0 saturated heterocycles. The summed E-state index contributed by atoms with van der Waals surface area (Å²) in [6, 6.07) is 6.43. The third-order valence-electron chi connectivity index (χ3n) is 3.01. The van der Waals surface area contributed by atoms with E-state index in [0.29, 0.717) is 0 Å². The van der Waals surface area contributed by atoms with Gasteiger partial charge in [0, 0.05) is 36.2 Å². The Morgan fingerprint density at radius 1 is 1.32 bits per heavy atom. The van der Waals surface area contributed by atoms with E-state index in [0.717, 1.165) is 29.8 Å². The van der Waals surface area contributed by atoms with Crippen molar-refractivity contribution in [2.75, 3.05) is 20.3 Å². The Morgan fingerprint density at radius 3 is 2.68 bits per heavy atom. The lowest BCUT2D eigenvalue weighted by molar-refractivity contribution is 0.134. The minimum absolute atomic E-state index is 0.147. The topological polar surface area (TPSA) is 30.5 Å². The van der Waals surface area contributed by atoms with E-state index >= 15 is 0 Å². The van der Waals surface area contributed by atoms with Gasteiger partial charge in [0.2, 0.25) is 0 Å². The van der Waals surface area contributed by atoms with Gasteiger partial charge in [-0.15, -0.1) is 0 Å². The van der Waals surface area contributed by atoms with E-state index in [4.69, 9.17) is 9.47 Å². The van der Waals surface area contributed by atoms with Crippen LogP contribution < -0.4 is 10.1 Å². The molecule has 1 N–H and O–H groups in total. The van der Waals surface area contributed by atoms with Crippen LogP contribution in [-0.4, -0.2) is 26.4 Å². The fourth-order valence-electron chi connectivity index (χ4n) is 1.94. The van der Waals surface area contributed by atoms with Crippen molar-refractivity contribution in [3.63, 3.8) is 0 Å². The van der Waals surface area contributed by atoms with Crippen LogP contribution in [0.1, 0.15) is 38.8 Å². The summed E-state index contributed by atoms with van der Waals surface area (Å²) in [5, 5.41) is 3.42. The number of ether oxygens (including phenoxy) is 2. The minimum Gasteiger partial charge on any atom is -0.490 e. The van der Waals surface area contributed by atoms with Crippen molar-refractivity contribution in [3.8, 4) is 5.75 Å². The first kappa shape index (κ1) is 16.5. The smallest absolute Gasteiger partial charge is 0.124 e. The molecule has 0 bridgehead atoms. The van der Waals surface area contributed by atoms with E-state index < -0.39 is 0 Å². The molecule has 0 heterocycles. The Morgan fingerprint density at radius 2 is 2.05 bits per heavy atom. The van der Waals surface area contributed by atoms with Gasteiger partial charge in [-0.05, 0) is 38.6 Å². The zero-order chi connectivity index (χ0) is 14.3. The number of hydrogen-bond acceptors (Lipinski definition) is 3. The van der Waals surface area contributed by atoms with Gasteiger partial charge >= 0.3 is 0 Å². The first-order valence-electron chi connectivity index (χ1n) is 6.76. The maximum atomic E-state index is 6.03. The highest BCUT2D eigenvalue weighted by Crippen LogP contribution is 2.29. The standard InChI is InChI=1S/C15H24BrNO2/c1-5-17-12(3)14-10-13(16)6-7-15(14)19-11(2)8-9-18-4/h6-7,10-12,17H,5,8-9H2,1-4H3. The molecule has 0 amide bonds. The van der Waals surface area contributed by atoms with Gasteiger partial charge < -0.3 is 14.8 Å². The molecule has 1 aromatic carbocycles. The van der Waals surface area contributed by atoms with Crippen LogP contribution in [0.5, 0.6) is 5.75 Å². The number of methoxy groups -OCH3 is 1. The van der Waals surface area contributed by atoms with Crippen molar-refractivity contribution in [2.45, 2.75) is 39.3 Å². The normalized spacial score (nSPS) is 14.2. The highest BCUT2D eigenvalue weighted by molar-refractivity contribution is 9.10. The molecule has 0 radical (unpaired) electrons. The molecule has 0 aromatic heterocycles.